The van der Waals surface area contributed by atoms with Crippen LogP contribution >= 0.6 is 0 Å². The molecule has 0 saturated carbocycles. The lowest BCUT2D eigenvalue weighted by molar-refractivity contribution is -0.120. The maximum absolute atomic E-state index is 11.9. The van der Waals surface area contributed by atoms with Crippen molar-refractivity contribution in [3.63, 3.8) is 0 Å². The number of benzene rings is 1. The molecule has 1 aromatic rings. The number of piperazine rings is 1. The normalized spacial score (nSPS) is 22.6. The molecular formula is C21H31N5O3. The summed E-state index contributed by atoms with van der Waals surface area (Å²) in [6.07, 6.45) is 2.66. The molecule has 0 aliphatic carbocycles. The highest BCUT2D eigenvalue weighted by atomic mass is 16.5. The zero-order chi connectivity index (χ0) is 20.1. The molecule has 0 aromatic heterocycles. The molecule has 1 aromatic carbocycles. The molecule has 158 valence electrons. The predicted octanol–water partition coefficient (Wildman–Crippen LogP) is 0.881. The van der Waals surface area contributed by atoms with Gasteiger partial charge in [-0.3, -0.25) is 19.9 Å². The number of amides is 3. The first-order valence-corrected chi connectivity index (χ1v) is 10.7. The summed E-state index contributed by atoms with van der Waals surface area (Å²) in [5.74, 6) is 0.618. The third-order valence-electron chi connectivity index (χ3n) is 5.98. The lowest BCUT2D eigenvalue weighted by Gasteiger charge is -2.34. The van der Waals surface area contributed by atoms with Crippen molar-refractivity contribution in [3.05, 3.63) is 24.3 Å². The first-order valence-electron chi connectivity index (χ1n) is 10.7. The second kappa shape index (κ2) is 9.56. The van der Waals surface area contributed by atoms with Gasteiger partial charge in [-0.15, -0.1) is 0 Å². The minimum Gasteiger partial charge on any atom is -0.490 e. The number of rotatable bonds is 6. The Morgan fingerprint density at radius 3 is 2.21 bits per heavy atom. The number of nitrogens with zero attached hydrogens (tertiary/aromatic N) is 3. The van der Waals surface area contributed by atoms with E-state index in [2.05, 4.69) is 20.4 Å². The molecule has 0 spiro atoms. The Kier molecular flexibility index (Phi) is 6.63. The molecule has 3 saturated heterocycles. The zero-order valence-corrected chi connectivity index (χ0v) is 16.9. The standard InChI is InChI=1S/C21H31N5O3/c27-20-7-12-26(21(28)23-20)17-1-3-18(4-2-17)29-19-5-10-24(11-6-19)15-16-25-13-8-22-9-14-25/h1-4,19,22H,5-16H2,(H,23,27,28). The Morgan fingerprint density at radius 1 is 0.897 bits per heavy atom. The molecule has 0 unspecified atom stereocenters. The van der Waals surface area contributed by atoms with Gasteiger partial charge in [0.1, 0.15) is 11.9 Å². The minimum atomic E-state index is -0.358. The Hall–Kier alpha value is -2.16. The van der Waals surface area contributed by atoms with Gasteiger partial charge in [0.25, 0.3) is 0 Å². The Bertz CT molecular complexity index is 697. The van der Waals surface area contributed by atoms with Crippen LogP contribution in [0.4, 0.5) is 10.5 Å². The summed E-state index contributed by atoms with van der Waals surface area (Å²) in [6, 6.07) is 7.23. The molecular weight excluding hydrogens is 370 g/mol. The number of anilines is 1. The van der Waals surface area contributed by atoms with Crippen molar-refractivity contribution >= 4 is 17.6 Å². The molecule has 8 nitrogen and oxygen atoms in total. The molecule has 8 heteroatoms. The fraction of sp³-hybridized carbons (Fsp3) is 0.619. The zero-order valence-electron chi connectivity index (χ0n) is 16.9. The summed E-state index contributed by atoms with van der Waals surface area (Å²) in [5.41, 5.74) is 0.782. The van der Waals surface area contributed by atoms with Crippen LogP contribution in [-0.4, -0.2) is 86.7 Å². The number of piperidine rings is 1. The van der Waals surface area contributed by atoms with Crippen molar-refractivity contribution < 1.29 is 14.3 Å². The highest BCUT2D eigenvalue weighted by Crippen LogP contribution is 2.24. The van der Waals surface area contributed by atoms with Crippen LogP contribution in [0.15, 0.2) is 24.3 Å². The maximum Gasteiger partial charge on any atom is 0.328 e. The lowest BCUT2D eigenvalue weighted by Crippen LogP contribution is -2.49. The van der Waals surface area contributed by atoms with Gasteiger partial charge < -0.3 is 15.0 Å². The van der Waals surface area contributed by atoms with Crippen molar-refractivity contribution in [2.24, 2.45) is 0 Å². The average molecular weight is 402 g/mol. The maximum atomic E-state index is 11.9. The summed E-state index contributed by atoms with van der Waals surface area (Å²) in [6.45, 7) is 9.40. The van der Waals surface area contributed by atoms with E-state index in [1.165, 1.54) is 0 Å². The highest BCUT2D eigenvalue weighted by Gasteiger charge is 2.25. The van der Waals surface area contributed by atoms with Crippen LogP contribution in [0.1, 0.15) is 19.3 Å². The Labute approximate surface area is 172 Å². The van der Waals surface area contributed by atoms with Crippen LogP contribution in [-0.2, 0) is 4.79 Å². The molecule has 29 heavy (non-hydrogen) atoms. The predicted molar refractivity (Wildman–Crippen MR) is 111 cm³/mol. The number of carbonyl (C=O) groups excluding carboxylic acids is 2. The first-order chi connectivity index (χ1) is 14.2. The molecule has 3 heterocycles. The number of nitrogens with one attached hydrogen (secondary N) is 2. The van der Waals surface area contributed by atoms with Crippen LogP contribution in [0.2, 0.25) is 0 Å². The van der Waals surface area contributed by atoms with E-state index in [0.717, 1.165) is 76.6 Å². The molecule has 0 atom stereocenters. The third-order valence-corrected chi connectivity index (χ3v) is 5.98. The quantitative estimate of drug-likeness (QED) is 0.737. The van der Waals surface area contributed by atoms with Gasteiger partial charge in [-0.25, -0.2) is 4.79 Å². The largest absolute Gasteiger partial charge is 0.490 e. The van der Waals surface area contributed by atoms with Gasteiger partial charge in [-0.2, -0.15) is 0 Å². The lowest BCUT2D eigenvalue weighted by atomic mass is 10.1. The number of likely N-dealkylation sites (tertiary alicyclic amines) is 1. The second-order valence-corrected chi connectivity index (χ2v) is 8.00. The fourth-order valence-corrected chi connectivity index (χ4v) is 4.18. The molecule has 3 fully saturated rings. The smallest absolute Gasteiger partial charge is 0.328 e. The highest BCUT2D eigenvalue weighted by molar-refractivity contribution is 6.05. The molecule has 3 amide bonds. The van der Waals surface area contributed by atoms with E-state index >= 15 is 0 Å². The molecule has 3 aliphatic heterocycles. The monoisotopic (exact) mass is 401 g/mol. The number of carbonyl (C=O) groups is 2. The van der Waals surface area contributed by atoms with Crippen molar-refractivity contribution in [1.82, 2.24) is 20.4 Å². The Balaban J connectivity index is 1.20. The molecule has 4 rings (SSSR count). The summed E-state index contributed by atoms with van der Waals surface area (Å²) in [7, 11) is 0. The van der Waals surface area contributed by atoms with E-state index in [9.17, 15) is 9.59 Å². The summed E-state index contributed by atoms with van der Waals surface area (Å²) in [5, 5.41) is 5.75. The Morgan fingerprint density at radius 2 is 1.55 bits per heavy atom. The second-order valence-electron chi connectivity index (χ2n) is 8.00. The SMILES string of the molecule is O=C1CCN(c2ccc(OC3CCN(CCN4CCNCC4)CC3)cc2)C(=O)N1. The van der Waals surface area contributed by atoms with Crippen molar-refractivity contribution in [2.75, 3.05) is 63.8 Å². The minimum absolute atomic E-state index is 0.217. The molecule has 0 radical (unpaired) electrons. The van der Waals surface area contributed by atoms with Gasteiger partial charge in [0.05, 0.1) is 0 Å². The average Bonchev–Trinajstić information content (AvgIpc) is 2.75. The summed E-state index contributed by atoms with van der Waals surface area (Å²) >= 11 is 0. The number of urea groups is 1. The van der Waals surface area contributed by atoms with E-state index < -0.39 is 0 Å². The van der Waals surface area contributed by atoms with Gasteiger partial charge in [0, 0.05) is 71.0 Å². The third kappa shape index (κ3) is 5.46. The molecule has 2 N–H and O–H groups in total. The van der Waals surface area contributed by atoms with Gasteiger partial charge in [0.15, 0.2) is 0 Å². The number of ether oxygens (including phenoxy) is 1. The van der Waals surface area contributed by atoms with Crippen LogP contribution in [0.3, 0.4) is 0 Å². The number of hydrogen-bond acceptors (Lipinski definition) is 6. The van der Waals surface area contributed by atoms with E-state index in [1.807, 2.05) is 24.3 Å². The van der Waals surface area contributed by atoms with Crippen LogP contribution in [0.25, 0.3) is 0 Å². The van der Waals surface area contributed by atoms with Crippen LogP contribution in [0.5, 0.6) is 5.75 Å². The van der Waals surface area contributed by atoms with Crippen molar-refractivity contribution in [3.8, 4) is 5.75 Å². The van der Waals surface area contributed by atoms with Gasteiger partial charge in [-0.05, 0) is 37.1 Å². The first kappa shape index (κ1) is 20.1. The van der Waals surface area contributed by atoms with Crippen molar-refractivity contribution in [2.45, 2.75) is 25.4 Å². The van der Waals surface area contributed by atoms with Gasteiger partial charge >= 0.3 is 6.03 Å². The van der Waals surface area contributed by atoms with E-state index in [4.69, 9.17) is 4.74 Å². The van der Waals surface area contributed by atoms with Gasteiger partial charge in [0.2, 0.25) is 5.91 Å². The van der Waals surface area contributed by atoms with Crippen LogP contribution in [0, 0.1) is 0 Å². The summed E-state index contributed by atoms with van der Waals surface area (Å²) < 4.78 is 6.17. The van der Waals surface area contributed by atoms with E-state index in [-0.39, 0.29) is 18.0 Å². The van der Waals surface area contributed by atoms with Gasteiger partial charge in [-0.1, -0.05) is 0 Å². The van der Waals surface area contributed by atoms with Crippen LogP contribution < -0.4 is 20.3 Å². The molecule has 3 aliphatic rings. The van der Waals surface area contributed by atoms with E-state index in [1.54, 1.807) is 4.90 Å². The molecule has 0 bridgehead atoms. The number of hydrogen-bond donors (Lipinski definition) is 2. The topological polar surface area (TPSA) is 77.2 Å². The summed E-state index contributed by atoms with van der Waals surface area (Å²) in [4.78, 5) is 29.9. The van der Waals surface area contributed by atoms with E-state index in [0.29, 0.717) is 13.0 Å². The van der Waals surface area contributed by atoms with Crippen molar-refractivity contribution in [1.29, 1.82) is 0 Å². The fourth-order valence-electron chi connectivity index (χ4n) is 4.18. The number of imide groups is 1.